The Labute approximate surface area is 183 Å². The van der Waals surface area contributed by atoms with Gasteiger partial charge in [0.1, 0.15) is 12.1 Å². The molecule has 170 valence electrons. The first-order chi connectivity index (χ1) is 14.8. The molecule has 1 aromatic heterocycles. The lowest BCUT2D eigenvalue weighted by molar-refractivity contribution is -0.143. The molecule has 1 N–H and O–H groups in total. The summed E-state index contributed by atoms with van der Waals surface area (Å²) < 4.78 is 16.3. The highest BCUT2D eigenvalue weighted by molar-refractivity contribution is 5.81. The number of unbranched alkanes of at least 4 members (excludes halogenated alkanes) is 1. The highest BCUT2D eigenvalue weighted by Crippen LogP contribution is 2.30. The Morgan fingerprint density at radius 3 is 2.48 bits per heavy atom. The molecule has 1 heterocycles. The highest BCUT2D eigenvalue weighted by atomic mass is 16.6. The smallest absolute Gasteiger partial charge is 0.408 e. The fraction of sp³-hybridized carbons (Fsp3) is 0.565. The Bertz CT molecular complexity index is 835. The molecule has 8 nitrogen and oxygen atoms in total. The zero-order chi connectivity index (χ0) is 22.9. The van der Waals surface area contributed by atoms with Crippen LogP contribution in [0.5, 0.6) is 0 Å². The molecular weight excluding hydrogens is 398 g/mol. The van der Waals surface area contributed by atoms with Crippen molar-refractivity contribution in [3.63, 3.8) is 0 Å². The van der Waals surface area contributed by atoms with Crippen LogP contribution in [0.1, 0.15) is 59.3 Å². The topological polar surface area (TPSA) is 104 Å². The van der Waals surface area contributed by atoms with Gasteiger partial charge < -0.3 is 19.2 Å². The minimum atomic E-state index is -0.740. The van der Waals surface area contributed by atoms with Crippen LogP contribution in [0.4, 0.5) is 4.79 Å². The number of carbonyl (C=O) groups is 2. The second kappa shape index (κ2) is 11.5. The number of hydrogen-bond acceptors (Lipinski definition) is 7. The second-order valence-electron chi connectivity index (χ2n) is 8.17. The number of nitrogens with zero attached hydrogens (tertiary/aromatic N) is 2. The summed E-state index contributed by atoms with van der Waals surface area (Å²) >= 11 is 0. The van der Waals surface area contributed by atoms with Gasteiger partial charge in [0.2, 0.25) is 11.8 Å². The van der Waals surface area contributed by atoms with Crippen molar-refractivity contribution in [3.05, 3.63) is 36.2 Å². The third-order valence-electron chi connectivity index (χ3n) is 5.50. The van der Waals surface area contributed by atoms with E-state index in [0.717, 1.165) is 24.8 Å². The van der Waals surface area contributed by atoms with Crippen molar-refractivity contribution >= 4 is 12.1 Å². The zero-order valence-electron chi connectivity index (χ0n) is 19.0. The number of alkyl carbamates (subject to hydrolysis) is 1. The van der Waals surface area contributed by atoms with Crippen LogP contribution >= 0.6 is 0 Å². The molecular formula is C23H33N3O5. The Hall–Kier alpha value is -2.90. The van der Waals surface area contributed by atoms with Crippen molar-refractivity contribution < 1.29 is 23.5 Å². The molecule has 0 radical (unpaired) electrons. The standard InChI is InChI=1S/C23H33N3O5/c1-6-8-14-17(21(27)29-5)24-22(28)30-18(23(3,4)7-2)15-19-25-26-20(31-19)16-12-10-9-11-13-16/h9-13,17-18H,6-8,14-15H2,1-5H3,(H,24,28)/t17-,18+/m0/s1. The largest absolute Gasteiger partial charge is 0.467 e. The van der Waals surface area contributed by atoms with Gasteiger partial charge in [-0.15, -0.1) is 10.2 Å². The van der Waals surface area contributed by atoms with Crippen molar-refractivity contribution in [2.45, 2.75) is 71.9 Å². The van der Waals surface area contributed by atoms with Crippen LogP contribution in [0, 0.1) is 5.41 Å². The Morgan fingerprint density at radius 2 is 1.87 bits per heavy atom. The quantitative estimate of drug-likeness (QED) is 0.521. The van der Waals surface area contributed by atoms with Crippen molar-refractivity contribution in [1.82, 2.24) is 15.5 Å². The van der Waals surface area contributed by atoms with Crippen molar-refractivity contribution in [1.29, 1.82) is 0 Å². The molecule has 8 heteroatoms. The van der Waals surface area contributed by atoms with Crippen LogP contribution in [-0.4, -0.2) is 41.5 Å². The van der Waals surface area contributed by atoms with Crippen LogP contribution in [0.3, 0.4) is 0 Å². The lowest BCUT2D eigenvalue weighted by Crippen LogP contribution is -2.45. The van der Waals surface area contributed by atoms with E-state index in [1.54, 1.807) is 0 Å². The number of carbonyl (C=O) groups excluding carboxylic acids is 2. The van der Waals surface area contributed by atoms with Gasteiger partial charge in [0.05, 0.1) is 13.5 Å². The molecule has 0 aliphatic rings. The Balaban J connectivity index is 2.11. The molecule has 0 saturated carbocycles. The Kier molecular flexibility index (Phi) is 9.03. The van der Waals surface area contributed by atoms with E-state index < -0.39 is 24.2 Å². The van der Waals surface area contributed by atoms with E-state index in [2.05, 4.69) is 15.5 Å². The van der Waals surface area contributed by atoms with E-state index in [1.807, 2.05) is 58.0 Å². The van der Waals surface area contributed by atoms with Gasteiger partial charge in [-0.1, -0.05) is 58.7 Å². The molecule has 1 aromatic carbocycles. The molecule has 0 saturated heterocycles. The molecule has 0 aliphatic heterocycles. The first-order valence-electron chi connectivity index (χ1n) is 10.7. The molecule has 0 bridgehead atoms. The maximum absolute atomic E-state index is 12.6. The third-order valence-corrected chi connectivity index (χ3v) is 5.50. The van der Waals surface area contributed by atoms with Crippen molar-refractivity contribution in [2.24, 2.45) is 5.41 Å². The number of benzene rings is 1. The normalized spacial score (nSPS) is 13.3. The predicted molar refractivity (Wildman–Crippen MR) is 116 cm³/mol. The summed E-state index contributed by atoms with van der Waals surface area (Å²) in [7, 11) is 1.30. The van der Waals surface area contributed by atoms with Gasteiger partial charge in [0.25, 0.3) is 0 Å². The molecule has 0 aliphatic carbocycles. The van der Waals surface area contributed by atoms with Crippen LogP contribution in [0.2, 0.25) is 0 Å². The third kappa shape index (κ3) is 7.08. The number of aromatic nitrogens is 2. The summed E-state index contributed by atoms with van der Waals surface area (Å²) in [6.45, 7) is 8.05. The maximum Gasteiger partial charge on any atom is 0.408 e. The molecule has 31 heavy (non-hydrogen) atoms. The van der Waals surface area contributed by atoms with Crippen LogP contribution in [-0.2, 0) is 20.7 Å². The fourth-order valence-corrected chi connectivity index (χ4v) is 3.00. The van der Waals surface area contributed by atoms with Crippen molar-refractivity contribution in [2.75, 3.05) is 7.11 Å². The van der Waals surface area contributed by atoms with E-state index >= 15 is 0 Å². The van der Waals surface area contributed by atoms with Gasteiger partial charge in [-0.3, -0.25) is 0 Å². The molecule has 2 aromatic rings. The lowest BCUT2D eigenvalue weighted by atomic mass is 9.82. The molecule has 2 atom stereocenters. The van der Waals surface area contributed by atoms with E-state index in [-0.39, 0.29) is 11.8 Å². The number of ether oxygens (including phenoxy) is 2. The number of nitrogens with one attached hydrogen (secondary N) is 1. The predicted octanol–water partition coefficient (Wildman–Crippen LogP) is 4.54. The summed E-state index contributed by atoms with van der Waals surface area (Å²) in [5.41, 5.74) is 0.478. The number of rotatable bonds is 11. The van der Waals surface area contributed by atoms with Gasteiger partial charge in [0, 0.05) is 11.0 Å². The number of hydrogen-bond donors (Lipinski definition) is 1. The van der Waals surface area contributed by atoms with E-state index in [1.165, 1.54) is 7.11 Å². The highest BCUT2D eigenvalue weighted by Gasteiger charge is 2.34. The second-order valence-corrected chi connectivity index (χ2v) is 8.17. The van der Waals surface area contributed by atoms with Crippen molar-refractivity contribution in [3.8, 4) is 11.5 Å². The molecule has 1 amide bonds. The summed E-state index contributed by atoms with van der Waals surface area (Å²) in [5.74, 6) is 0.313. The van der Waals surface area contributed by atoms with Crippen LogP contribution < -0.4 is 5.32 Å². The minimum absolute atomic E-state index is 0.270. The summed E-state index contributed by atoms with van der Waals surface area (Å²) in [6.07, 6.45) is 2.02. The average Bonchev–Trinajstić information content (AvgIpc) is 3.24. The fourth-order valence-electron chi connectivity index (χ4n) is 3.00. The molecule has 0 fully saturated rings. The molecule has 0 spiro atoms. The molecule has 2 rings (SSSR count). The van der Waals surface area contributed by atoms with E-state index in [9.17, 15) is 9.59 Å². The lowest BCUT2D eigenvalue weighted by Gasteiger charge is -2.32. The van der Waals surface area contributed by atoms with Gasteiger partial charge in [-0.2, -0.15) is 0 Å². The van der Waals surface area contributed by atoms with E-state index in [0.29, 0.717) is 18.2 Å². The Morgan fingerprint density at radius 1 is 1.16 bits per heavy atom. The van der Waals surface area contributed by atoms with Gasteiger partial charge in [-0.05, 0) is 25.0 Å². The molecule has 0 unspecified atom stereocenters. The summed E-state index contributed by atoms with van der Waals surface area (Å²) in [5, 5.41) is 10.9. The SMILES string of the molecule is CCCC[C@H](NC(=O)O[C@H](Cc1nnc(-c2ccccc2)o1)C(C)(C)CC)C(=O)OC. The summed E-state index contributed by atoms with van der Waals surface area (Å²) in [6, 6.07) is 8.74. The van der Waals surface area contributed by atoms with Gasteiger partial charge >= 0.3 is 12.1 Å². The monoisotopic (exact) mass is 431 g/mol. The number of methoxy groups -OCH3 is 1. The average molecular weight is 432 g/mol. The number of esters is 1. The van der Waals surface area contributed by atoms with Gasteiger partial charge in [-0.25, -0.2) is 9.59 Å². The zero-order valence-corrected chi connectivity index (χ0v) is 19.0. The van der Waals surface area contributed by atoms with Crippen LogP contribution in [0.25, 0.3) is 11.5 Å². The van der Waals surface area contributed by atoms with Gasteiger partial charge in [0.15, 0.2) is 0 Å². The van der Waals surface area contributed by atoms with E-state index in [4.69, 9.17) is 13.9 Å². The maximum atomic E-state index is 12.6. The first kappa shape index (κ1) is 24.4. The summed E-state index contributed by atoms with van der Waals surface area (Å²) in [4.78, 5) is 24.6. The van der Waals surface area contributed by atoms with Crippen LogP contribution in [0.15, 0.2) is 34.7 Å². The minimum Gasteiger partial charge on any atom is -0.467 e. The number of amides is 1. The first-order valence-corrected chi connectivity index (χ1v) is 10.7.